The van der Waals surface area contributed by atoms with E-state index in [1.807, 2.05) is 0 Å². The van der Waals surface area contributed by atoms with Crippen LogP contribution in [0.4, 0.5) is 4.79 Å². The highest BCUT2D eigenvalue weighted by atomic mass is 16.5. The number of likely N-dealkylation sites (tertiary alicyclic amines) is 2. The minimum absolute atomic E-state index is 0.216. The molecule has 2 atom stereocenters. The predicted octanol–water partition coefficient (Wildman–Crippen LogP) is 4.58. The van der Waals surface area contributed by atoms with Gasteiger partial charge in [0.05, 0.1) is 0 Å². The zero-order valence-corrected chi connectivity index (χ0v) is 20.1. The van der Waals surface area contributed by atoms with Crippen LogP contribution in [0.2, 0.25) is 0 Å². The van der Waals surface area contributed by atoms with Crippen molar-refractivity contribution < 1.29 is 9.53 Å². The van der Waals surface area contributed by atoms with Crippen LogP contribution in [0, 0.1) is 11.8 Å². The molecule has 1 saturated carbocycles. The number of urea groups is 1. The van der Waals surface area contributed by atoms with Crippen LogP contribution in [0.25, 0.3) is 0 Å². The van der Waals surface area contributed by atoms with Crippen LogP contribution in [0.15, 0.2) is 18.2 Å². The highest BCUT2D eigenvalue weighted by molar-refractivity contribution is 5.74. The molecule has 2 saturated heterocycles. The van der Waals surface area contributed by atoms with Gasteiger partial charge < -0.3 is 14.5 Å². The Morgan fingerprint density at radius 3 is 2.22 bits per heavy atom. The van der Waals surface area contributed by atoms with Gasteiger partial charge in [-0.2, -0.15) is 0 Å². The predicted molar refractivity (Wildman–Crippen MR) is 128 cm³/mol. The number of rotatable bonds is 3. The summed E-state index contributed by atoms with van der Waals surface area (Å²) in [5.74, 6) is 2.24. The molecule has 5 heteroatoms. The van der Waals surface area contributed by atoms with E-state index in [9.17, 15) is 4.79 Å². The summed E-state index contributed by atoms with van der Waals surface area (Å²) in [6, 6.07) is 7.85. The SMILES string of the molecule is C[C@@H]1C[C@H](C)CN(C(=O)N2CCC(Oc3ccc4c(c3)CCN(C3CCC3)CC4)CC2)C1. The number of hydrogen-bond donors (Lipinski definition) is 0. The van der Waals surface area contributed by atoms with Gasteiger partial charge in [0, 0.05) is 58.2 Å². The molecule has 0 radical (unpaired) electrons. The molecule has 0 aromatic heterocycles. The minimum Gasteiger partial charge on any atom is -0.490 e. The lowest BCUT2D eigenvalue weighted by atomic mass is 9.91. The number of carbonyl (C=O) groups is 1. The zero-order chi connectivity index (χ0) is 22.1. The first-order chi connectivity index (χ1) is 15.5. The highest BCUT2D eigenvalue weighted by Gasteiger charge is 2.31. The van der Waals surface area contributed by atoms with Crippen molar-refractivity contribution in [3.63, 3.8) is 0 Å². The molecule has 1 aliphatic carbocycles. The number of nitrogens with zero attached hydrogens (tertiary/aromatic N) is 3. The van der Waals surface area contributed by atoms with Gasteiger partial charge in [0.25, 0.3) is 0 Å². The zero-order valence-electron chi connectivity index (χ0n) is 20.1. The van der Waals surface area contributed by atoms with Crippen molar-refractivity contribution in [1.82, 2.24) is 14.7 Å². The number of amides is 2. The summed E-state index contributed by atoms with van der Waals surface area (Å²) < 4.78 is 6.41. The Morgan fingerprint density at radius 2 is 1.56 bits per heavy atom. The molecule has 1 aromatic rings. The van der Waals surface area contributed by atoms with E-state index in [4.69, 9.17) is 4.74 Å². The molecule has 1 aromatic carbocycles. The van der Waals surface area contributed by atoms with Gasteiger partial charge in [-0.1, -0.05) is 26.3 Å². The smallest absolute Gasteiger partial charge is 0.320 e. The summed E-state index contributed by atoms with van der Waals surface area (Å²) >= 11 is 0. The van der Waals surface area contributed by atoms with E-state index in [2.05, 4.69) is 46.7 Å². The Morgan fingerprint density at radius 1 is 0.875 bits per heavy atom. The lowest BCUT2D eigenvalue weighted by Gasteiger charge is -2.40. The van der Waals surface area contributed by atoms with Crippen LogP contribution in [0.1, 0.15) is 63.5 Å². The standard InChI is InChI=1S/C27H41N3O2/c1-20-16-21(2)19-30(18-20)27(31)29-14-10-25(11-15-29)32-26-7-6-22-8-12-28(24-4-3-5-24)13-9-23(22)17-26/h6-7,17,20-21,24-25H,3-5,8-16,18-19H2,1-2H3/t20-,21+. The third-order valence-corrected chi connectivity index (χ3v) is 8.26. The summed E-state index contributed by atoms with van der Waals surface area (Å²) in [5, 5.41) is 0. The molecule has 3 aliphatic heterocycles. The minimum atomic E-state index is 0.216. The molecule has 0 N–H and O–H groups in total. The Labute approximate surface area is 194 Å². The van der Waals surface area contributed by atoms with Crippen molar-refractivity contribution in [1.29, 1.82) is 0 Å². The Bertz CT molecular complexity index is 790. The normalized spacial score (nSPS) is 28.1. The lowest BCUT2D eigenvalue weighted by molar-refractivity contribution is 0.0794. The number of ether oxygens (including phenoxy) is 1. The summed E-state index contributed by atoms with van der Waals surface area (Å²) in [7, 11) is 0. The number of piperidine rings is 2. The molecule has 5 rings (SSSR count). The van der Waals surface area contributed by atoms with Crippen molar-refractivity contribution in [2.24, 2.45) is 11.8 Å². The number of fused-ring (bicyclic) bond motifs is 1. The molecular weight excluding hydrogens is 398 g/mol. The third kappa shape index (κ3) is 4.93. The maximum atomic E-state index is 13.0. The van der Waals surface area contributed by atoms with Crippen LogP contribution in [-0.4, -0.2) is 72.1 Å². The highest BCUT2D eigenvalue weighted by Crippen LogP contribution is 2.30. The molecule has 4 aliphatic rings. The second-order valence-electron chi connectivity index (χ2n) is 11.0. The Hall–Kier alpha value is -1.75. The maximum Gasteiger partial charge on any atom is 0.320 e. The van der Waals surface area contributed by atoms with Crippen molar-refractivity contribution in [2.75, 3.05) is 39.3 Å². The maximum absolute atomic E-state index is 13.0. The van der Waals surface area contributed by atoms with Gasteiger partial charge in [0.2, 0.25) is 0 Å². The number of carbonyl (C=O) groups excluding carboxylic acids is 1. The molecule has 3 fully saturated rings. The fraction of sp³-hybridized carbons (Fsp3) is 0.741. The van der Waals surface area contributed by atoms with Gasteiger partial charge in [-0.05, 0) is 67.2 Å². The van der Waals surface area contributed by atoms with Crippen molar-refractivity contribution >= 4 is 6.03 Å². The van der Waals surface area contributed by atoms with E-state index < -0.39 is 0 Å². The molecule has 3 heterocycles. The third-order valence-electron chi connectivity index (χ3n) is 8.26. The average molecular weight is 440 g/mol. The second kappa shape index (κ2) is 9.62. The average Bonchev–Trinajstić information content (AvgIpc) is 2.94. The largest absolute Gasteiger partial charge is 0.490 e. The molecule has 0 bridgehead atoms. The second-order valence-corrected chi connectivity index (χ2v) is 11.0. The summed E-state index contributed by atoms with van der Waals surface area (Å²) in [6.07, 6.45) is 9.81. The number of benzene rings is 1. The van der Waals surface area contributed by atoms with E-state index in [1.54, 1.807) is 0 Å². The van der Waals surface area contributed by atoms with Crippen LogP contribution in [0.3, 0.4) is 0 Å². The molecule has 176 valence electrons. The molecule has 0 unspecified atom stereocenters. The van der Waals surface area contributed by atoms with Crippen LogP contribution < -0.4 is 4.74 Å². The Balaban J connectivity index is 1.12. The molecule has 32 heavy (non-hydrogen) atoms. The molecule has 0 spiro atoms. The van der Waals surface area contributed by atoms with Gasteiger partial charge in [-0.15, -0.1) is 0 Å². The van der Waals surface area contributed by atoms with E-state index in [1.165, 1.54) is 56.3 Å². The van der Waals surface area contributed by atoms with Crippen LogP contribution >= 0.6 is 0 Å². The quantitative estimate of drug-likeness (QED) is 0.692. The van der Waals surface area contributed by atoms with Crippen molar-refractivity contribution in [3.8, 4) is 5.75 Å². The van der Waals surface area contributed by atoms with E-state index in [-0.39, 0.29) is 12.1 Å². The van der Waals surface area contributed by atoms with Gasteiger partial charge >= 0.3 is 6.03 Å². The van der Waals surface area contributed by atoms with E-state index in [0.29, 0.717) is 11.8 Å². The molecular formula is C27H41N3O2. The first-order valence-electron chi connectivity index (χ1n) is 13.1. The fourth-order valence-corrected chi connectivity index (χ4v) is 6.29. The monoisotopic (exact) mass is 439 g/mol. The van der Waals surface area contributed by atoms with Gasteiger partial charge in [-0.3, -0.25) is 4.90 Å². The van der Waals surface area contributed by atoms with E-state index in [0.717, 1.165) is 57.2 Å². The van der Waals surface area contributed by atoms with Gasteiger partial charge in [0.15, 0.2) is 0 Å². The van der Waals surface area contributed by atoms with Gasteiger partial charge in [-0.25, -0.2) is 4.79 Å². The Kier molecular flexibility index (Phi) is 6.64. The molecule has 2 amide bonds. The summed E-state index contributed by atoms with van der Waals surface area (Å²) in [4.78, 5) is 19.9. The number of hydrogen-bond acceptors (Lipinski definition) is 3. The van der Waals surface area contributed by atoms with Crippen molar-refractivity contribution in [2.45, 2.75) is 77.4 Å². The van der Waals surface area contributed by atoms with E-state index >= 15 is 0 Å². The molecule has 5 nitrogen and oxygen atoms in total. The first kappa shape index (κ1) is 22.1. The summed E-state index contributed by atoms with van der Waals surface area (Å²) in [5.41, 5.74) is 2.98. The van der Waals surface area contributed by atoms with Crippen molar-refractivity contribution in [3.05, 3.63) is 29.3 Å². The summed E-state index contributed by atoms with van der Waals surface area (Å²) in [6.45, 7) is 10.4. The topological polar surface area (TPSA) is 36.0 Å². The van der Waals surface area contributed by atoms with Crippen LogP contribution in [0.5, 0.6) is 5.75 Å². The van der Waals surface area contributed by atoms with Gasteiger partial charge in [0.1, 0.15) is 11.9 Å². The first-order valence-corrected chi connectivity index (χ1v) is 13.1. The fourth-order valence-electron chi connectivity index (χ4n) is 6.29. The lowest BCUT2D eigenvalue weighted by Crippen LogP contribution is -2.52. The van der Waals surface area contributed by atoms with Crippen LogP contribution in [-0.2, 0) is 12.8 Å².